The van der Waals surface area contributed by atoms with Crippen molar-refractivity contribution in [2.75, 3.05) is 7.11 Å². The molecule has 4 rings (SSSR count). The Morgan fingerprint density at radius 1 is 1.14 bits per heavy atom. The van der Waals surface area contributed by atoms with Crippen molar-refractivity contribution in [2.45, 2.75) is 52.6 Å². The maximum atomic E-state index is 13.4. The van der Waals surface area contributed by atoms with Gasteiger partial charge in [0.25, 0.3) is 11.7 Å². The highest BCUT2D eigenvalue weighted by Crippen LogP contribution is 2.42. The number of aromatic nitrogens is 2. The van der Waals surface area contributed by atoms with E-state index in [2.05, 4.69) is 30.7 Å². The van der Waals surface area contributed by atoms with Crippen molar-refractivity contribution in [1.29, 1.82) is 0 Å². The first kappa shape index (κ1) is 25.9. The van der Waals surface area contributed by atoms with Gasteiger partial charge in [-0.05, 0) is 47.6 Å². The zero-order valence-electron chi connectivity index (χ0n) is 21.9. The van der Waals surface area contributed by atoms with Crippen molar-refractivity contribution in [3.8, 4) is 0 Å². The van der Waals surface area contributed by atoms with Gasteiger partial charge < -0.3 is 19.7 Å². The Hall–Kier alpha value is -4.20. The minimum atomic E-state index is -0.829. The molecule has 0 radical (unpaired) electrons. The second-order valence-corrected chi connectivity index (χ2v) is 10.3. The number of hydrogen-bond acceptors (Lipinski definition) is 6. The SMILES string of the molecule is COC(=O)c1[nH]c(C)c(C(O)=C2C(=O)C(=O)N(Cc3cccnc3)[C@@H]2c2ccc(C(C)(C)C)cc2)c1C. The molecule has 0 spiro atoms. The van der Waals surface area contributed by atoms with Crippen LogP contribution in [0.15, 0.2) is 54.4 Å². The van der Waals surface area contributed by atoms with E-state index in [0.717, 1.165) is 11.1 Å². The first-order valence-electron chi connectivity index (χ1n) is 12.0. The number of esters is 1. The molecule has 1 aliphatic rings. The van der Waals surface area contributed by atoms with E-state index < -0.39 is 23.7 Å². The fourth-order valence-corrected chi connectivity index (χ4v) is 4.79. The number of pyridine rings is 1. The van der Waals surface area contributed by atoms with Gasteiger partial charge in [-0.2, -0.15) is 0 Å². The first-order valence-corrected chi connectivity index (χ1v) is 12.0. The van der Waals surface area contributed by atoms with Crippen molar-refractivity contribution in [3.05, 3.63) is 93.6 Å². The fraction of sp³-hybridized carbons (Fsp3) is 0.310. The standard InChI is InChI=1S/C29H31N3O5/c1-16-21(17(2)31-23(16)28(36)37-6)25(33)22-24(19-9-11-20(12-10-19)29(3,4)5)32(27(35)26(22)34)15-18-8-7-13-30-14-18/h7-14,24,31,33H,15H2,1-6H3/t24-/m1/s1. The quantitative estimate of drug-likeness (QED) is 0.226. The minimum Gasteiger partial charge on any atom is -0.507 e. The van der Waals surface area contributed by atoms with E-state index in [1.165, 1.54) is 12.0 Å². The molecule has 2 N–H and O–H groups in total. The highest BCUT2D eigenvalue weighted by molar-refractivity contribution is 6.46. The second kappa shape index (κ2) is 9.69. The Balaban J connectivity index is 1.91. The van der Waals surface area contributed by atoms with E-state index in [4.69, 9.17) is 4.74 Å². The molecule has 1 amide bonds. The summed E-state index contributed by atoms with van der Waals surface area (Å²) in [5.41, 5.74) is 3.82. The number of ketones is 1. The Bertz CT molecular complexity index is 1400. The average Bonchev–Trinajstić information content (AvgIpc) is 3.30. The number of H-pyrrole nitrogens is 1. The lowest BCUT2D eigenvalue weighted by atomic mass is 9.85. The number of amides is 1. The number of methoxy groups -OCH3 is 1. The average molecular weight is 502 g/mol. The molecule has 1 saturated heterocycles. The number of carbonyl (C=O) groups excluding carboxylic acids is 3. The summed E-state index contributed by atoms with van der Waals surface area (Å²) in [5, 5.41) is 11.5. The van der Waals surface area contributed by atoms with Gasteiger partial charge in [0.2, 0.25) is 0 Å². The third-order valence-electron chi connectivity index (χ3n) is 6.77. The summed E-state index contributed by atoms with van der Waals surface area (Å²) in [6.45, 7) is 9.79. The van der Waals surface area contributed by atoms with Gasteiger partial charge >= 0.3 is 5.97 Å². The number of benzene rings is 1. The molecule has 0 saturated carbocycles. The van der Waals surface area contributed by atoms with E-state index in [0.29, 0.717) is 22.4 Å². The lowest BCUT2D eigenvalue weighted by molar-refractivity contribution is -0.140. The van der Waals surface area contributed by atoms with E-state index in [1.807, 2.05) is 30.3 Å². The topological polar surface area (TPSA) is 113 Å². The van der Waals surface area contributed by atoms with Crippen LogP contribution in [0.2, 0.25) is 0 Å². The third kappa shape index (κ3) is 4.67. The van der Waals surface area contributed by atoms with Crippen LogP contribution in [0.1, 0.15) is 70.8 Å². The Labute approximate surface area is 216 Å². The number of likely N-dealkylation sites (tertiary alicyclic amines) is 1. The Morgan fingerprint density at radius 3 is 2.38 bits per heavy atom. The van der Waals surface area contributed by atoms with E-state index in [-0.39, 0.29) is 29.0 Å². The molecule has 37 heavy (non-hydrogen) atoms. The molecule has 192 valence electrons. The smallest absolute Gasteiger partial charge is 0.354 e. The molecule has 1 fully saturated rings. The van der Waals surface area contributed by atoms with Gasteiger partial charge in [0.1, 0.15) is 11.5 Å². The number of hydrogen-bond donors (Lipinski definition) is 2. The maximum absolute atomic E-state index is 13.4. The predicted molar refractivity (Wildman–Crippen MR) is 139 cm³/mol. The number of aliphatic hydroxyl groups excluding tert-OH is 1. The van der Waals surface area contributed by atoms with E-state index in [9.17, 15) is 19.5 Å². The van der Waals surface area contributed by atoms with Crippen molar-refractivity contribution >= 4 is 23.4 Å². The number of ether oxygens (including phenoxy) is 1. The van der Waals surface area contributed by atoms with Gasteiger partial charge in [0, 0.05) is 30.2 Å². The first-order chi connectivity index (χ1) is 17.5. The van der Waals surface area contributed by atoms with E-state index >= 15 is 0 Å². The summed E-state index contributed by atoms with van der Waals surface area (Å²) < 4.78 is 4.84. The number of rotatable bonds is 5. The maximum Gasteiger partial charge on any atom is 0.354 e. The molecular weight excluding hydrogens is 470 g/mol. The Kier molecular flexibility index (Phi) is 6.78. The van der Waals surface area contributed by atoms with Crippen LogP contribution in [-0.2, 0) is 26.3 Å². The molecule has 1 aromatic carbocycles. The van der Waals surface area contributed by atoms with Gasteiger partial charge in [-0.25, -0.2) is 4.79 Å². The van der Waals surface area contributed by atoms with Crippen LogP contribution in [0.25, 0.3) is 5.76 Å². The predicted octanol–water partition coefficient (Wildman–Crippen LogP) is 4.73. The zero-order valence-corrected chi connectivity index (χ0v) is 21.9. The number of Topliss-reactive ketones (excluding diaryl/α,β-unsaturated/α-hetero) is 1. The summed E-state index contributed by atoms with van der Waals surface area (Å²) in [4.78, 5) is 47.5. The largest absolute Gasteiger partial charge is 0.507 e. The molecule has 1 atom stereocenters. The zero-order chi connectivity index (χ0) is 27.1. The fourth-order valence-electron chi connectivity index (χ4n) is 4.79. The molecule has 0 bridgehead atoms. The summed E-state index contributed by atoms with van der Waals surface area (Å²) in [6, 6.07) is 10.5. The monoisotopic (exact) mass is 501 g/mol. The number of aliphatic hydroxyl groups is 1. The number of carbonyl (C=O) groups is 3. The minimum absolute atomic E-state index is 0.0287. The van der Waals surface area contributed by atoms with Crippen molar-refractivity contribution in [1.82, 2.24) is 14.9 Å². The summed E-state index contributed by atoms with van der Waals surface area (Å²) >= 11 is 0. The molecule has 3 heterocycles. The highest BCUT2D eigenvalue weighted by atomic mass is 16.5. The van der Waals surface area contributed by atoms with Crippen molar-refractivity contribution in [3.63, 3.8) is 0 Å². The number of nitrogens with one attached hydrogen (secondary N) is 1. The lowest BCUT2D eigenvalue weighted by Gasteiger charge is -2.26. The van der Waals surface area contributed by atoms with Crippen LogP contribution in [0.4, 0.5) is 0 Å². The molecule has 1 aliphatic heterocycles. The molecule has 0 aliphatic carbocycles. The molecule has 3 aromatic rings. The molecular formula is C29H31N3O5. The van der Waals surface area contributed by atoms with E-state index in [1.54, 1.807) is 32.3 Å². The number of nitrogens with zero attached hydrogens (tertiary/aromatic N) is 2. The molecule has 8 nitrogen and oxygen atoms in total. The molecule has 8 heteroatoms. The second-order valence-electron chi connectivity index (χ2n) is 10.3. The lowest BCUT2D eigenvalue weighted by Crippen LogP contribution is -2.29. The van der Waals surface area contributed by atoms with Gasteiger partial charge in [-0.3, -0.25) is 14.6 Å². The van der Waals surface area contributed by atoms with Gasteiger partial charge in [0.15, 0.2) is 0 Å². The van der Waals surface area contributed by atoms with Crippen LogP contribution in [0.5, 0.6) is 0 Å². The van der Waals surface area contributed by atoms with Crippen molar-refractivity contribution < 1.29 is 24.2 Å². The number of aryl methyl sites for hydroxylation is 1. The van der Waals surface area contributed by atoms with Crippen LogP contribution < -0.4 is 0 Å². The van der Waals surface area contributed by atoms with Crippen LogP contribution in [-0.4, -0.2) is 44.7 Å². The van der Waals surface area contributed by atoms with Crippen LogP contribution in [0.3, 0.4) is 0 Å². The van der Waals surface area contributed by atoms with Crippen LogP contribution >= 0.6 is 0 Å². The summed E-state index contributed by atoms with van der Waals surface area (Å²) in [6.07, 6.45) is 3.28. The van der Waals surface area contributed by atoms with Crippen LogP contribution in [0, 0.1) is 13.8 Å². The Morgan fingerprint density at radius 2 is 1.81 bits per heavy atom. The van der Waals surface area contributed by atoms with Gasteiger partial charge in [-0.1, -0.05) is 51.1 Å². The normalized spacial score (nSPS) is 17.4. The number of aromatic amines is 1. The van der Waals surface area contributed by atoms with Gasteiger partial charge in [0.05, 0.1) is 18.7 Å². The third-order valence-corrected chi connectivity index (χ3v) is 6.77. The van der Waals surface area contributed by atoms with Gasteiger partial charge in [-0.15, -0.1) is 0 Å². The van der Waals surface area contributed by atoms with Crippen molar-refractivity contribution in [2.24, 2.45) is 0 Å². The molecule has 0 unspecified atom stereocenters. The summed E-state index contributed by atoms with van der Waals surface area (Å²) in [7, 11) is 1.27. The molecule has 2 aromatic heterocycles. The highest BCUT2D eigenvalue weighted by Gasteiger charge is 2.46. The summed E-state index contributed by atoms with van der Waals surface area (Å²) in [5.74, 6) is -2.43.